The van der Waals surface area contributed by atoms with Crippen LogP contribution in [0.3, 0.4) is 0 Å². The average Bonchev–Trinajstić information content (AvgIpc) is 2.50. The molecule has 1 aliphatic heterocycles. The number of amides is 2. The van der Waals surface area contributed by atoms with E-state index in [1.54, 1.807) is 42.5 Å². The van der Waals surface area contributed by atoms with Crippen molar-refractivity contribution in [3.8, 4) is 0 Å². The summed E-state index contributed by atoms with van der Waals surface area (Å²) in [6.45, 7) is 1.30. The number of benzene rings is 2. The Bertz CT molecular complexity index is 748. The Hall–Kier alpha value is -2.89. The number of carbonyl (C=O) groups excluding carboxylic acids is 2. The minimum Gasteiger partial charge on any atom is -0.359 e. The first-order valence-electron chi connectivity index (χ1n) is 6.78. The van der Waals surface area contributed by atoms with Crippen molar-refractivity contribution >= 4 is 17.5 Å². The zero-order valence-corrected chi connectivity index (χ0v) is 11.8. The number of halogens is 1. The van der Waals surface area contributed by atoms with Crippen LogP contribution in [0.25, 0.3) is 0 Å². The molecule has 0 aromatic heterocycles. The van der Waals surface area contributed by atoms with Crippen LogP contribution < -0.4 is 10.7 Å². The topological polar surface area (TPSA) is 61.4 Å². The maximum Gasteiger partial charge on any atom is 0.276 e. The van der Waals surface area contributed by atoms with Crippen molar-refractivity contribution in [1.82, 2.24) is 10.4 Å². The summed E-state index contributed by atoms with van der Waals surface area (Å²) in [5, 5.41) is 4.20. The Balaban J connectivity index is 2.09. The standard InChI is InChI=1S/C16H14FN3O2/c1-10(21)19-20-15(11-6-2-4-8-13(11)17)18-14-9-5-3-7-12(14)16(20)22/h2-9,15,18H,1H3,(H,19,21)/t15-/m0/s1. The van der Waals surface area contributed by atoms with Gasteiger partial charge < -0.3 is 5.32 Å². The van der Waals surface area contributed by atoms with E-state index in [0.29, 0.717) is 11.3 Å². The van der Waals surface area contributed by atoms with E-state index in [2.05, 4.69) is 10.7 Å². The van der Waals surface area contributed by atoms with Crippen LogP contribution in [-0.4, -0.2) is 16.8 Å². The zero-order valence-electron chi connectivity index (χ0n) is 11.8. The highest BCUT2D eigenvalue weighted by molar-refractivity contribution is 6.02. The lowest BCUT2D eigenvalue weighted by atomic mass is 10.0. The number of nitrogens with one attached hydrogen (secondary N) is 2. The lowest BCUT2D eigenvalue weighted by molar-refractivity contribution is -0.123. The summed E-state index contributed by atoms with van der Waals surface area (Å²) in [5.41, 5.74) is 3.76. The number of hydrogen-bond donors (Lipinski definition) is 2. The van der Waals surface area contributed by atoms with Gasteiger partial charge >= 0.3 is 0 Å². The SMILES string of the molecule is CC(=O)NN1C(=O)c2ccccc2N[C@@H]1c1ccccc1F. The van der Waals surface area contributed by atoms with E-state index in [0.717, 1.165) is 5.01 Å². The van der Waals surface area contributed by atoms with Crippen LogP contribution in [0, 0.1) is 5.82 Å². The van der Waals surface area contributed by atoms with E-state index in [4.69, 9.17) is 0 Å². The molecule has 2 aromatic rings. The van der Waals surface area contributed by atoms with Gasteiger partial charge in [-0.05, 0) is 18.2 Å². The van der Waals surface area contributed by atoms with E-state index < -0.39 is 23.8 Å². The van der Waals surface area contributed by atoms with Gasteiger partial charge in [0.15, 0.2) is 6.17 Å². The quantitative estimate of drug-likeness (QED) is 0.895. The van der Waals surface area contributed by atoms with Gasteiger partial charge in [-0.15, -0.1) is 0 Å². The molecule has 5 nitrogen and oxygen atoms in total. The molecule has 0 aliphatic carbocycles. The molecule has 112 valence electrons. The molecule has 6 heteroatoms. The van der Waals surface area contributed by atoms with E-state index in [9.17, 15) is 14.0 Å². The predicted molar refractivity (Wildman–Crippen MR) is 79.2 cm³/mol. The van der Waals surface area contributed by atoms with Crippen LogP contribution in [0.4, 0.5) is 10.1 Å². The van der Waals surface area contributed by atoms with Gasteiger partial charge in [0.2, 0.25) is 5.91 Å². The summed E-state index contributed by atoms with van der Waals surface area (Å²) in [6.07, 6.45) is -0.813. The molecule has 0 spiro atoms. The zero-order chi connectivity index (χ0) is 15.7. The summed E-state index contributed by atoms with van der Waals surface area (Å²) in [4.78, 5) is 24.0. The number of hydrazine groups is 1. The number of carbonyl (C=O) groups is 2. The second kappa shape index (κ2) is 5.48. The van der Waals surface area contributed by atoms with E-state index in [-0.39, 0.29) is 5.56 Å². The first-order chi connectivity index (χ1) is 10.6. The molecule has 2 amide bonds. The lowest BCUT2D eigenvalue weighted by Crippen LogP contribution is -2.52. The minimum absolute atomic E-state index is 0.277. The van der Waals surface area contributed by atoms with Crippen molar-refractivity contribution in [2.24, 2.45) is 0 Å². The second-order valence-corrected chi connectivity index (χ2v) is 4.96. The molecule has 0 unspecified atom stereocenters. The van der Waals surface area contributed by atoms with Crippen molar-refractivity contribution in [2.45, 2.75) is 13.1 Å². The van der Waals surface area contributed by atoms with E-state index in [1.807, 2.05) is 0 Å². The molecule has 2 N–H and O–H groups in total. The van der Waals surface area contributed by atoms with Gasteiger partial charge in [0.05, 0.1) is 5.56 Å². The summed E-state index contributed by atoms with van der Waals surface area (Å²) in [7, 11) is 0. The second-order valence-electron chi connectivity index (χ2n) is 4.96. The molecule has 3 rings (SSSR count). The predicted octanol–water partition coefficient (Wildman–Crippen LogP) is 2.44. The van der Waals surface area contributed by atoms with Gasteiger partial charge in [0.25, 0.3) is 5.91 Å². The third kappa shape index (κ3) is 2.39. The van der Waals surface area contributed by atoms with Gasteiger partial charge in [-0.1, -0.05) is 30.3 Å². The molecule has 1 aliphatic rings. The van der Waals surface area contributed by atoms with Gasteiger partial charge in [0.1, 0.15) is 5.82 Å². The number of fused-ring (bicyclic) bond motifs is 1. The van der Waals surface area contributed by atoms with Crippen LogP contribution in [0.15, 0.2) is 48.5 Å². The van der Waals surface area contributed by atoms with Crippen molar-refractivity contribution in [3.63, 3.8) is 0 Å². The van der Waals surface area contributed by atoms with Gasteiger partial charge in [-0.2, -0.15) is 0 Å². The molecule has 2 aromatic carbocycles. The highest BCUT2D eigenvalue weighted by Crippen LogP contribution is 2.32. The van der Waals surface area contributed by atoms with Crippen LogP contribution in [0.2, 0.25) is 0 Å². The fourth-order valence-electron chi connectivity index (χ4n) is 2.45. The molecule has 1 atom stereocenters. The molecule has 0 saturated heterocycles. The fourth-order valence-corrected chi connectivity index (χ4v) is 2.45. The maximum atomic E-state index is 14.1. The smallest absolute Gasteiger partial charge is 0.276 e. The van der Waals surface area contributed by atoms with Crippen LogP contribution in [0.5, 0.6) is 0 Å². The molecule has 22 heavy (non-hydrogen) atoms. The van der Waals surface area contributed by atoms with Crippen LogP contribution in [-0.2, 0) is 4.79 Å². The maximum absolute atomic E-state index is 14.1. The minimum atomic E-state index is -0.813. The van der Waals surface area contributed by atoms with Crippen LogP contribution in [0.1, 0.15) is 29.0 Å². The first-order valence-corrected chi connectivity index (χ1v) is 6.78. The highest BCUT2D eigenvalue weighted by atomic mass is 19.1. The van der Waals surface area contributed by atoms with Crippen LogP contribution >= 0.6 is 0 Å². The lowest BCUT2D eigenvalue weighted by Gasteiger charge is -2.37. The number of anilines is 1. The molecule has 0 bridgehead atoms. The highest BCUT2D eigenvalue weighted by Gasteiger charge is 2.34. The number of para-hydroxylation sites is 1. The van der Waals surface area contributed by atoms with E-state index >= 15 is 0 Å². The summed E-state index contributed by atoms with van der Waals surface area (Å²) >= 11 is 0. The van der Waals surface area contributed by atoms with Crippen molar-refractivity contribution < 1.29 is 14.0 Å². The van der Waals surface area contributed by atoms with Gasteiger partial charge in [-0.25, -0.2) is 9.40 Å². The monoisotopic (exact) mass is 299 g/mol. The average molecular weight is 299 g/mol. The Labute approximate surface area is 126 Å². The largest absolute Gasteiger partial charge is 0.359 e. The number of rotatable bonds is 2. The van der Waals surface area contributed by atoms with Crippen molar-refractivity contribution in [1.29, 1.82) is 0 Å². The molecule has 0 saturated carbocycles. The Morgan fingerprint density at radius 1 is 1.18 bits per heavy atom. The molecule has 0 radical (unpaired) electrons. The molecular weight excluding hydrogens is 285 g/mol. The Morgan fingerprint density at radius 3 is 2.59 bits per heavy atom. The Kier molecular flexibility index (Phi) is 3.50. The number of nitrogens with zero attached hydrogens (tertiary/aromatic N) is 1. The third-order valence-electron chi connectivity index (χ3n) is 3.40. The third-order valence-corrected chi connectivity index (χ3v) is 3.40. The molecular formula is C16H14FN3O2. The van der Waals surface area contributed by atoms with Crippen molar-refractivity contribution in [2.75, 3.05) is 5.32 Å². The normalized spacial score (nSPS) is 16.7. The summed E-state index contributed by atoms with van der Waals surface area (Å²) < 4.78 is 14.1. The summed E-state index contributed by atoms with van der Waals surface area (Å²) in [5.74, 6) is -1.25. The van der Waals surface area contributed by atoms with Gasteiger partial charge in [0, 0.05) is 18.2 Å². The summed E-state index contributed by atoms with van der Waals surface area (Å²) in [6, 6.07) is 13.0. The van der Waals surface area contributed by atoms with Gasteiger partial charge in [-0.3, -0.25) is 15.0 Å². The van der Waals surface area contributed by atoms with Crippen molar-refractivity contribution in [3.05, 3.63) is 65.5 Å². The molecule has 1 heterocycles. The first kappa shape index (κ1) is 14.1. The fraction of sp³-hybridized carbons (Fsp3) is 0.125. The number of hydrogen-bond acceptors (Lipinski definition) is 3. The molecule has 0 fully saturated rings. The Morgan fingerprint density at radius 2 is 1.86 bits per heavy atom. The van der Waals surface area contributed by atoms with E-state index in [1.165, 1.54) is 13.0 Å².